The van der Waals surface area contributed by atoms with E-state index in [0.29, 0.717) is 25.6 Å². The van der Waals surface area contributed by atoms with E-state index in [9.17, 15) is 9.59 Å². The summed E-state index contributed by atoms with van der Waals surface area (Å²) in [5, 5.41) is 2.60. The van der Waals surface area contributed by atoms with Crippen LogP contribution in [0.5, 0.6) is 5.75 Å². The number of nitrogens with one attached hydrogen (secondary N) is 1. The van der Waals surface area contributed by atoms with Gasteiger partial charge in [0, 0.05) is 13.1 Å². The van der Waals surface area contributed by atoms with Gasteiger partial charge in [0.1, 0.15) is 11.8 Å². The number of primary amides is 1. The first-order valence-corrected chi connectivity index (χ1v) is 8.80. The highest BCUT2D eigenvalue weighted by atomic mass is 16.5. The molecule has 1 aromatic carbocycles. The van der Waals surface area contributed by atoms with E-state index in [1.54, 1.807) is 0 Å². The van der Waals surface area contributed by atoms with Crippen molar-refractivity contribution in [2.24, 2.45) is 17.1 Å². The molecule has 3 N–H and O–H groups in total. The van der Waals surface area contributed by atoms with Crippen LogP contribution >= 0.6 is 0 Å². The molecular weight excluding hydrogens is 318 g/mol. The first kappa shape index (κ1) is 19.1. The van der Waals surface area contributed by atoms with Crippen LogP contribution in [-0.4, -0.2) is 42.6 Å². The summed E-state index contributed by atoms with van der Waals surface area (Å²) in [6.45, 7) is 7.78. The number of ether oxygens (including phenoxy) is 1. The van der Waals surface area contributed by atoms with Crippen LogP contribution in [0.2, 0.25) is 0 Å². The highest BCUT2D eigenvalue weighted by molar-refractivity contribution is 5.87. The summed E-state index contributed by atoms with van der Waals surface area (Å²) in [5.41, 5.74) is 4.85. The van der Waals surface area contributed by atoms with E-state index in [1.165, 1.54) is 0 Å². The third kappa shape index (κ3) is 5.66. The number of para-hydroxylation sites is 1. The second kappa shape index (κ2) is 8.23. The number of nitrogens with two attached hydrogens (primary N) is 1. The third-order valence-corrected chi connectivity index (χ3v) is 4.55. The van der Waals surface area contributed by atoms with Gasteiger partial charge >= 0.3 is 6.03 Å². The van der Waals surface area contributed by atoms with Crippen LogP contribution in [0.25, 0.3) is 0 Å². The molecular formula is C19H29N3O3. The van der Waals surface area contributed by atoms with Crippen molar-refractivity contribution in [3.05, 3.63) is 30.3 Å². The predicted molar refractivity (Wildman–Crippen MR) is 97.2 cm³/mol. The van der Waals surface area contributed by atoms with Crippen LogP contribution in [0.15, 0.2) is 30.3 Å². The van der Waals surface area contributed by atoms with Gasteiger partial charge in [0.2, 0.25) is 5.91 Å². The molecule has 138 valence electrons. The highest BCUT2D eigenvalue weighted by Crippen LogP contribution is 2.25. The average molecular weight is 347 g/mol. The maximum absolute atomic E-state index is 12.8. The van der Waals surface area contributed by atoms with Gasteiger partial charge in [-0.1, -0.05) is 39.0 Å². The van der Waals surface area contributed by atoms with Gasteiger partial charge in [-0.05, 0) is 36.3 Å². The number of hydrogen-bond acceptors (Lipinski definition) is 3. The van der Waals surface area contributed by atoms with E-state index in [2.05, 4.69) is 5.32 Å². The van der Waals surface area contributed by atoms with E-state index < -0.39 is 12.1 Å². The van der Waals surface area contributed by atoms with Crippen molar-refractivity contribution in [3.8, 4) is 5.75 Å². The first-order valence-electron chi connectivity index (χ1n) is 8.80. The molecule has 1 aliphatic rings. The van der Waals surface area contributed by atoms with Crippen LogP contribution in [-0.2, 0) is 4.79 Å². The minimum Gasteiger partial charge on any atom is -0.493 e. The topological polar surface area (TPSA) is 84.7 Å². The maximum Gasteiger partial charge on any atom is 0.312 e. The lowest BCUT2D eigenvalue weighted by Crippen LogP contribution is -2.57. The number of likely N-dealkylation sites (tertiary alicyclic amines) is 1. The number of hydrogen-bond donors (Lipinski definition) is 2. The van der Waals surface area contributed by atoms with Gasteiger partial charge in [-0.2, -0.15) is 0 Å². The molecule has 1 heterocycles. The van der Waals surface area contributed by atoms with Gasteiger partial charge in [-0.3, -0.25) is 4.79 Å². The molecule has 0 aliphatic carbocycles. The number of carbonyl (C=O) groups excluding carboxylic acids is 2. The normalized spacial score (nSPS) is 17.0. The van der Waals surface area contributed by atoms with Gasteiger partial charge in [-0.25, -0.2) is 4.79 Å². The van der Waals surface area contributed by atoms with E-state index in [-0.39, 0.29) is 11.3 Å². The zero-order valence-corrected chi connectivity index (χ0v) is 15.3. The van der Waals surface area contributed by atoms with Crippen LogP contribution in [0.1, 0.15) is 33.6 Å². The summed E-state index contributed by atoms with van der Waals surface area (Å²) in [4.78, 5) is 25.9. The Hall–Kier alpha value is -2.24. The summed E-state index contributed by atoms with van der Waals surface area (Å²) >= 11 is 0. The largest absolute Gasteiger partial charge is 0.493 e. The maximum atomic E-state index is 12.8. The van der Waals surface area contributed by atoms with Crippen LogP contribution < -0.4 is 15.8 Å². The Morgan fingerprint density at radius 2 is 1.84 bits per heavy atom. The lowest BCUT2D eigenvalue weighted by Gasteiger charge is -2.38. The molecule has 0 radical (unpaired) electrons. The molecule has 1 aliphatic heterocycles. The Morgan fingerprint density at radius 1 is 1.24 bits per heavy atom. The van der Waals surface area contributed by atoms with Crippen LogP contribution in [0.3, 0.4) is 0 Å². The fourth-order valence-electron chi connectivity index (χ4n) is 3.02. The summed E-state index contributed by atoms with van der Waals surface area (Å²) in [6.07, 6.45) is 1.79. The number of rotatable bonds is 5. The molecule has 0 aromatic heterocycles. The van der Waals surface area contributed by atoms with Gasteiger partial charge in [-0.15, -0.1) is 0 Å². The van der Waals surface area contributed by atoms with Crippen molar-refractivity contribution in [1.29, 1.82) is 0 Å². The molecule has 0 spiro atoms. The van der Waals surface area contributed by atoms with Crippen molar-refractivity contribution >= 4 is 11.9 Å². The molecule has 1 saturated heterocycles. The van der Waals surface area contributed by atoms with Gasteiger partial charge in [0.05, 0.1) is 6.61 Å². The number of amides is 3. The number of piperidine rings is 1. The van der Waals surface area contributed by atoms with Gasteiger partial charge < -0.3 is 20.7 Å². The Bertz CT molecular complexity index is 575. The van der Waals surface area contributed by atoms with E-state index in [4.69, 9.17) is 10.5 Å². The lowest BCUT2D eigenvalue weighted by molar-refractivity contribution is -0.137. The van der Waals surface area contributed by atoms with Crippen LogP contribution in [0.4, 0.5) is 4.79 Å². The predicted octanol–water partition coefficient (Wildman–Crippen LogP) is 2.39. The van der Waals surface area contributed by atoms with E-state index in [0.717, 1.165) is 18.6 Å². The number of nitrogens with zero attached hydrogens (tertiary/aromatic N) is 1. The Labute approximate surface area is 149 Å². The van der Waals surface area contributed by atoms with Crippen molar-refractivity contribution in [1.82, 2.24) is 10.2 Å². The summed E-state index contributed by atoms with van der Waals surface area (Å²) in [5.74, 6) is 1.25. The molecule has 6 nitrogen and oxygen atoms in total. The second-order valence-electron chi connectivity index (χ2n) is 7.70. The summed E-state index contributed by atoms with van der Waals surface area (Å²) in [6, 6.07) is 8.48. The summed E-state index contributed by atoms with van der Waals surface area (Å²) in [7, 11) is 0. The van der Waals surface area contributed by atoms with Crippen LogP contribution in [0, 0.1) is 11.3 Å². The van der Waals surface area contributed by atoms with Gasteiger partial charge in [0.25, 0.3) is 0 Å². The molecule has 0 bridgehead atoms. The zero-order chi connectivity index (χ0) is 18.4. The monoisotopic (exact) mass is 347 g/mol. The molecule has 1 unspecified atom stereocenters. The molecule has 1 aromatic rings. The minimum absolute atomic E-state index is 0.0614. The lowest BCUT2D eigenvalue weighted by atomic mass is 9.85. The van der Waals surface area contributed by atoms with Crippen molar-refractivity contribution in [2.45, 2.75) is 39.7 Å². The molecule has 3 amide bonds. The van der Waals surface area contributed by atoms with E-state index in [1.807, 2.05) is 56.0 Å². The van der Waals surface area contributed by atoms with E-state index >= 15 is 0 Å². The average Bonchev–Trinajstić information content (AvgIpc) is 2.57. The summed E-state index contributed by atoms with van der Waals surface area (Å²) < 4.78 is 5.82. The van der Waals surface area contributed by atoms with Crippen molar-refractivity contribution in [2.75, 3.05) is 19.7 Å². The zero-order valence-electron chi connectivity index (χ0n) is 15.3. The fraction of sp³-hybridized carbons (Fsp3) is 0.579. The Morgan fingerprint density at radius 3 is 2.36 bits per heavy atom. The molecule has 2 rings (SSSR count). The molecule has 25 heavy (non-hydrogen) atoms. The van der Waals surface area contributed by atoms with Gasteiger partial charge in [0.15, 0.2) is 0 Å². The van der Waals surface area contributed by atoms with Crippen molar-refractivity contribution < 1.29 is 14.3 Å². The molecule has 1 atom stereocenters. The molecule has 1 fully saturated rings. The van der Waals surface area contributed by atoms with Crippen molar-refractivity contribution in [3.63, 3.8) is 0 Å². The number of carbonyl (C=O) groups is 2. The number of urea groups is 1. The molecule has 6 heteroatoms. The standard InChI is InChI=1S/C19H29N3O3/c1-19(2,3)16(21-18(20)24)17(23)22-11-9-14(10-12-22)13-25-15-7-5-4-6-8-15/h4-8,14,16H,9-13H2,1-3H3,(H3,20,21,24). The Balaban J connectivity index is 1.85. The quantitative estimate of drug-likeness (QED) is 0.858. The Kier molecular flexibility index (Phi) is 6.28. The SMILES string of the molecule is CC(C)(C)C(NC(N)=O)C(=O)N1CCC(COc2ccccc2)CC1. The fourth-order valence-corrected chi connectivity index (χ4v) is 3.02. The third-order valence-electron chi connectivity index (χ3n) is 4.55. The first-order chi connectivity index (χ1) is 11.8. The minimum atomic E-state index is -0.667. The molecule has 0 saturated carbocycles. The highest BCUT2D eigenvalue weighted by Gasteiger charge is 2.36. The second-order valence-corrected chi connectivity index (χ2v) is 7.70. The smallest absolute Gasteiger partial charge is 0.312 e. The number of benzene rings is 1.